The first-order chi connectivity index (χ1) is 13.9. The van der Waals surface area contributed by atoms with Crippen LogP contribution in [0.25, 0.3) is 0 Å². The van der Waals surface area contributed by atoms with Crippen LogP contribution in [-0.4, -0.2) is 17.6 Å². The predicted molar refractivity (Wildman–Crippen MR) is 114 cm³/mol. The van der Waals surface area contributed by atoms with Gasteiger partial charge in [-0.3, -0.25) is 4.79 Å². The number of carbonyl (C=O) groups excluding carboxylic acids is 2. The van der Waals surface area contributed by atoms with E-state index in [-0.39, 0.29) is 27.8 Å². The molecule has 3 aromatic rings. The summed E-state index contributed by atoms with van der Waals surface area (Å²) in [5.74, 6) is -1.20. The van der Waals surface area contributed by atoms with Crippen LogP contribution >= 0.6 is 23.2 Å². The molecule has 0 unspecified atom stereocenters. The predicted octanol–water partition coefficient (Wildman–Crippen LogP) is 5.01. The van der Waals surface area contributed by atoms with Crippen LogP contribution < -0.4 is 5.73 Å². The SMILES string of the molecule is Cc1ccc(C(=O)c2ccccc2C(=O)O/N=C(\N)c2ccc(Cl)cc2Cl)cc1. The van der Waals surface area contributed by atoms with Gasteiger partial charge in [-0.25, -0.2) is 4.79 Å². The number of amidine groups is 1. The molecule has 0 amide bonds. The highest BCUT2D eigenvalue weighted by molar-refractivity contribution is 6.36. The van der Waals surface area contributed by atoms with E-state index in [9.17, 15) is 9.59 Å². The third-order valence-corrected chi connectivity index (χ3v) is 4.69. The molecule has 0 radical (unpaired) electrons. The molecule has 0 aromatic heterocycles. The largest absolute Gasteiger partial charge is 0.380 e. The molecule has 0 saturated carbocycles. The van der Waals surface area contributed by atoms with Gasteiger partial charge >= 0.3 is 5.97 Å². The standard InChI is InChI=1S/C22H16Cl2N2O3/c1-13-6-8-14(9-7-13)20(27)16-4-2-3-5-17(16)22(28)29-26-21(25)18-11-10-15(23)12-19(18)24/h2-12H,1H3,(H2,25,26). The average molecular weight is 427 g/mol. The Bertz CT molecular complexity index is 1110. The normalized spacial score (nSPS) is 11.2. The van der Waals surface area contributed by atoms with E-state index in [1.54, 1.807) is 42.5 Å². The van der Waals surface area contributed by atoms with E-state index in [4.69, 9.17) is 33.8 Å². The molecule has 5 nitrogen and oxygen atoms in total. The minimum absolute atomic E-state index is 0.0804. The van der Waals surface area contributed by atoms with E-state index < -0.39 is 5.97 Å². The van der Waals surface area contributed by atoms with E-state index in [2.05, 4.69) is 5.16 Å². The Labute approximate surface area is 177 Å². The first kappa shape index (κ1) is 20.6. The van der Waals surface area contributed by atoms with E-state index in [0.29, 0.717) is 16.1 Å². The van der Waals surface area contributed by atoms with E-state index in [1.165, 1.54) is 12.1 Å². The highest BCUT2D eigenvalue weighted by Crippen LogP contribution is 2.21. The molecule has 0 heterocycles. The number of carbonyl (C=O) groups is 2. The minimum atomic E-state index is -0.811. The lowest BCUT2D eigenvalue weighted by molar-refractivity contribution is 0.0513. The maximum atomic E-state index is 12.8. The molecular weight excluding hydrogens is 411 g/mol. The number of rotatable bonds is 5. The Kier molecular flexibility index (Phi) is 6.32. The van der Waals surface area contributed by atoms with Crippen molar-refractivity contribution in [2.75, 3.05) is 0 Å². The van der Waals surface area contributed by atoms with Crippen LogP contribution in [0.5, 0.6) is 0 Å². The number of ketones is 1. The molecule has 2 N–H and O–H groups in total. The zero-order valence-corrected chi connectivity index (χ0v) is 16.9. The summed E-state index contributed by atoms with van der Waals surface area (Å²) >= 11 is 11.9. The fraction of sp³-hybridized carbons (Fsp3) is 0.0455. The summed E-state index contributed by atoms with van der Waals surface area (Å²) in [6.07, 6.45) is 0. The van der Waals surface area contributed by atoms with Crippen molar-refractivity contribution in [3.8, 4) is 0 Å². The van der Waals surface area contributed by atoms with Crippen LogP contribution in [0.4, 0.5) is 0 Å². The van der Waals surface area contributed by atoms with E-state index in [1.807, 2.05) is 19.1 Å². The molecule has 0 spiro atoms. The third-order valence-electron chi connectivity index (χ3n) is 4.14. The van der Waals surface area contributed by atoms with Gasteiger partial charge in [0.05, 0.1) is 10.6 Å². The van der Waals surface area contributed by atoms with Crippen LogP contribution in [0.3, 0.4) is 0 Å². The monoisotopic (exact) mass is 426 g/mol. The highest BCUT2D eigenvalue weighted by atomic mass is 35.5. The second kappa shape index (κ2) is 8.90. The van der Waals surface area contributed by atoms with Crippen molar-refractivity contribution < 1.29 is 14.4 Å². The second-order valence-corrected chi connectivity index (χ2v) is 7.06. The fourth-order valence-corrected chi connectivity index (χ4v) is 3.11. The van der Waals surface area contributed by atoms with Gasteiger partial charge in [-0.15, -0.1) is 0 Å². The number of nitrogens with two attached hydrogens (primary N) is 1. The Morgan fingerprint density at radius 2 is 1.55 bits per heavy atom. The molecule has 29 heavy (non-hydrogen) atoms. The summed E-state index contributed by atoms with van der Waals surface area (Å²) in [5, 5.41) is 4.36. The molecule has 3 rings (SSSR count). The van der Waals surface area contributed by atoms with Crippen LogP contribution in [-0.2, 0) is 4.84 Å². The molecule has 146 valence electrons. The van der Waals surface area contributed by atoms with Gasteiger partial charge in [-0.2, -0.15) is 0 Å². The van der Waals surface area contributed by atoms with Crippen molar-refractivity contribution in [3.05, 3.63) is 105 Å². The van der Waals surface area contributed by atoms with Crippen LogP contribution in [0, 0.1) is 6.92 Å². The van der Waals surface area contributed by atoms with Crippen LogP contribution in [0.15, 0.2) is 71.9 Å². The number of hydrogen-bond donors (Lipinski definition) is 1. The quantitative estimate of drug-likeness (QED) is 0.204. The second-order valence-electron chi connectivity index (χ2n) is 6.22. The first-order valence-electron chi connectivity index (χ1n) is 8.57. The number of benzene rings is 3. The summed E-state index contributed by atoms with van der Waals surface area (Å²) in [5.41, 5.74) is 8.00. The first-order valence-corrected chi connectivity index (χ1v) is 9.33. The van der Waals surface area contributed by atoms with Crippen molar-refractivity contribution in [3.63, 3.8) is 0 Å². The Morgan fingerprint density at radius 3 is 2.21 bits per heavy atom. The minimum Gasteiger partial charge on any atom is -0.380 e. The number of hydrogen-bond acceptors (Lipinski definition) is 4. The molecule has 0 saturated heterocycles. The maximum Gasteiger partial charge on any atom is 0.366 e. The Hall–Kier alpha value is -3.15. The van der Waals surface area contributed by atoms with Gasteiger partial charge < -0.3 is 10.6 Å². The third kappa shape index (κ3) is 4.83. The highest BCUT2D eigenvalue weighted by Gasteiger charge is 2.19. The summed E-state index contributed by atoms with van der Waals surface area (Å²) in [4.78, 5) is 30.3. The van der Waals surface area contributed by atoms with Crippen molar-refractivity contribution >= 4 is 40.8 Å². The lowest BCUT2D eigenvalue weighted by Gasteiger charge is -2.08. The van der Waals surface area contributed by atoms with Crippen LogP contribution in [0.2, 0.25) is 10.0 Å². The Morgan fingerprint density at radius 1 is 0.897 bits per heavy atom. The molecule has 0 fully saturated rings. The molecule has 0 aliphatic heterocycles. The van der Waals surface area contributed by atoms with Gasteiger partial charge in [0.25, 0.3) is 0 Å². The van der Waals surface area contributed by atoms with Gasteiger partial charge in [0.1, 0.15) is 0 Å². The average Bonchev–Trinajstić information content (AvgIpc) is 2.72. The van der Waals surface area contributed by atoms with Crippen molar-refractivity contribution in [2.24, 2.45) is 10.9 Å². The lowest BCUT2D eigenvalue weighted by atomic mass is 9.98. The van der Waals surface area contributed by atoms with Crippen molar-refractivity contribution in [1.82, 2.24) is 0 Å². The van der Waals surface area contributed by atoms with Gasteiger partial charge in [0.2, 0.25) is 0 Å². The van der Waals surface area contributed by atoms with Crippen molar-refractivity contribution in [2.45, 2.75) is 6.92 Å². The fourth-order valence-electron chi connectivity index (χ4n) is 2.61. The number of aryl methyl sites for hydroxylation is 1. The van der Waals surface area contributed by atoms with Gasteiger partial charge in [-0.1, -0.05) is 76.4 Å². The van der Waals surface area contributed by atoms with Crippen molar-refractivity contribution in [1.29, 1.82) is 0 Å². The zero-order chi connectivity index (χ0) is 21.0. The van der Waals surface area contributed by atoms with E-state index in [0.717, 1.165) is 5.56 Å². The number of oxime groups is 1. The molecule has 7 heteroatoms. The maximum absolute atomic E-state index is 12.8. The van der Waals surface area contributed by atoms with Crippen LogP contribution in [0.1, 0.15) is 37.4 Å². The molecule has 0 aliphatic carbocycles. The molecule has 0 bridgehead atoms. The summed E-state index contributed by atoms with van der Waals surface area (Å²) < 4.78 is 0. The zero-order valence-electron chi connectivity index (χ0n) is 15.4. The lowest BCUT2D eigenvalue weighted by Crippen LogP contribution is -2.17. The summed E-state index contributed by atoms with van der Waals surface area (Å²) in [6, 6.07) is 18.1. The molecule has 0 atom stereocenters. The summed E-state index contributed by atoms with van der Waals surface area (Å²) in [7, 11) is 0. The number of halogens is 2. The Balaban J connectivity index is 1.85. The molecule has 3 aromatic carbocycles. The van der Waals surface area contributed by atoms with Gasteiger partial charge in [-0.05, 0) is 31.2 Å². The van der Waals surface area contributed by atoms with Gasteiger partial charge in [0.15, 0.2) is 11.6 Å². The molecular formula is C22H16Cl2N2O3. The van der Waals surface area contributed by atoms with E-state index >= 15 is 0 Å². The number of nitrogens with zero attached hydrogens (tertiary/aromatic N) is 1. The topological polar surface area (TPSA) is 81.8 Å². The smallest absolute Gasteiger partial charge is 0.366 e. The van der Waals surface area contributed by atoms with Gasteiger partial charge in [0, 0.05) is 21.7 Å². The molecule has 0 aliphatic rings. The summed E-state index contributed by atoms with van der Waals surface area (Å²) in [6.45, 7) is 1.93.